The molecule has 1 aromatic carbocycles. The molecule has 1 heterocycles. The first kappa shape index (κ1) is 13.9. The van der Waals surface area contributed by atoms with Crippen molar-refractivity contribution in [2.75, 3.05) is 4.72 Å². The number of nitrogens with one attached hydrogen (secondary N) is 2. The molecule has 0 saturated heterocycles. The molecule has 4 N–H and O–H groups in total. The van der Waals surface area contributed by atoms with Crippen molar-refractivity contribution in [1.82, 2.24) is 10.2 Å². The van der Waals surface area contributed by atoms with Gasteiger partial charge in [0.1, 0.15) is 0 Å². The second-order valence-electron chi connectivity index (χ2n) is 3.92. The number of aryl methyl sites for hydroxylation is 1. The number of rotatable bonds is 4. The Morgan fingerprint density at radius 3 is 2.74 bits per heavy atom. The Balaban J connectivity index is 2.41. The second kappa shape index (κ2) is 5.20. The number of benzene rings is 1. The Hall–Kier alpha value is -1.57. The number of hydrogen-bond acceptors (Lipinski definition) is 4. The summed E-state index contributed by atoms with van der Waals surface area (Å²) in [5.41, 5.74) is 6.92. The number of para-hydroxylation sites is 1. The van der Waals surface area contributed by atoms with Crippen LogP contribution in [0.4, 0.5) is 5.69 Å². The molecule has 0 radical (unpaired) electrons. The Bertz CT molecular complexity index is 696. The van der Waals surface area contributed by atoms with Gasteiger partial charge >= 0.3 is 0 Å². The fourth-order valence-electron chi connectivity index (χ4n) is 1.63. The van der Waals surface area contributed by atoms with Crippen molar-refractivity contribution < 1.29 is 8.42 Å². The normalized spacial score (nSPS) is 11.5. The Kier molecular flexibility index (Phi) is 3.79. The van der Waals surface area contributed by atoms with E-state index >= 15 is 0 Å². The first-order valence-corrected chi connectivity index (χ1v) is 7.33. The van der Waals surface area contributed by atoms with Crippen molar-refractivity contribution >= 4 is 27.3 Å². The summed E-state index contributed by atoms with van der Waals surface area (Å²) in [6.07, 6.45) is 0. The molecule has 8 heteroatoms. The topological polar surface area (TPSA) is 101 Å². The van der Waals surface area contributed by atoms with Crippen LogP contribution in [0.5, 0.6) is 0 Å². The summed E-state index contributed by atoms with van der Waals surface area (Å²) >= 11 is 5.92. The van der Waals surface area contributed by atoms with Crippen LogP contribution >= 0.6 is 11.6 Å². The van der Waals surface area contributed by atoms with Crippen molar-refractivity contribution in [3.8, 4) is 0 Å². The Morgan fingerprint density at radius 2 is 2.11 bits per heavy atom. The van der Waals surface area contributed by atoms with Crippen LogP contribution in [-0.2, 0) is 16.6 Å². The van der Waals surface area contributed by atoms with E-state index in [2.05, 4.69) is 14.9 Å². The molecule has 1 aromatic heterocycles. The SMILES string of the molecule is Cc1[nH]nc(S(=O)(=O)Nc2ccccc2Cl)c1CN. The van der Waals surface area contributed by atoms with E-state index in [0.29, 0.717) is 22.0 Å². The number of anilines is 1. The summed E-state index contributed by atoms with van der Waals surface area (Å²) in [6, 6.07) is 6.56. The van der Waals surface area contributed by atoms with Gasteiger partial charge in [-0.1, -0.05) is 23.7 Å². The number of aromatic amines is 1. The predicted octanol–water partition coefficient (Wildman–Crippen LogP) is 1.63. The van der Waals surface area contributed by atoms with Gasteiger partial charge in [-0.25, -0.2) is 0 Å². The van der Waals surface area contributed by atoms with Crippen LogP contribution in [0.15, 0.2) is 29.3 Å². The lowest BCUT2D eigenvalue weighted by Gasteiger charge is -2.08. The number of H-pyrrole nitrogens is 1. The van der Waals surface area contributed by atoms with Gasteiger partial charge in [0.05, 0.1) is 10.7 Å². The first-order valence-electron chi connectivity index (χ1n) is 5.47. The maximum Gasteiger partial charge on any atom is 0.281 e. The molecular formula is C11H13ClN4O2S. The fraction of sp³-hybridized carbons (Fsp3) is 0.182. The standard InChI is InChI=1S/C11H13ClN4O2S/c1-7-8(6-13)11(15-14-7)19(17,18)16-10-5-3-2-4-9(10)12/h2-5,16H,6,13H2,1H3,(H,14,15). The zero-order chi connectivity index (χ0) is 14.0. The van der Waals surface area contributed by atoms with Gasteiger partial charge < -0.3 is 5.73 Å². The quantitative estimate of drug-likeness (QED) is 0.799. The average molecular weight is 301 g/mol. The first-order chi connectivity index (χ1) is 8.95. The summed E-state index contributed by atoms with van der Waals surface area (Å²) in [6.45, 7) is 1.80. The van der Waals surface area contributed by atoms with E-state index < -0.39 is 10.0 Å². The summed E-state index contributed by atoms with van der Waals surface area (Å²) in [7, 11) is -3.81. The van der Waals surface area contributed by atoms with Crippen LogP contribution in [0.1, 0.15) is 11.3 Å². The number of sulfonamides is 1. The van der Waals surface area contributed by atoms with E-state index in [0.717, 1.165) is 0 Å². The lowest BCUT2D eigenvalue weighted by molar-refractivity contribution is 0.596. The zero-order valence-electron chi connectivity index (χ0n) is 10.1. The second-order valence-corrected chi connectivity index (χ2v) is 5.93. The van der Waals surface area contributed by atoms with Gasteiger partial charge in [-0.05, 0) is 19.1 Å². The molecule has 102 valence electrons. The minimum atomic E-state index is -3.81. The highest BCUT2D eigenvalue weighted by Gasteiger charge is 2.23. The van der Waals surface area contributed by atoms with Crippen LogP contribution in [-0.4, -0.2) is 18.6 Å². The lowest BCUT2D eigenvalue weighted by atomic mass is 10.3. The van der Waals surface area contributed by atoms with Gasteiger partial charge in [0.25, 0.3) is 10.0 Å². The van der Waals surface area contributed by atoms with Crippen LogP contribution in [0, 0.1) is 6.92 Å². The molecular weight excluding hydrogens is 288 g/mol. The molecule has 0 spiro atoms. The van der Waals surface area contributed by atoms with Gasteiger partial charge in [-0.15, -0.1) is 0 Å². The number of halogens is 1. The molecule has 2 aromatic rings. The summed E-state index contributed by atoms with van der Waals surface area (Å²) in [5, 5.41) is 6.61. The molecule has 0 atom stereocenters. The van der Waals surface area contributed by atoms with E-state index in [1.807, 2.05) is 0 Å². The number of nitrogens with zero attached hydrogens (tertiary/aromatic N) is 1. The largest absolute Gasteiger partial charge is 0.326 e. The van der Waals surface area contributed by atoms with Gasteiger partial charge in [-0.3, -0.25) is 9.82 Å². The van der Waals surface area contributed by atoms with Crippen LogP contribution in [0.2, 0.25) is 5.02 Å². The predicted molar refractivity (Wildman–Crippen MR) is 73.5 cm³/mol. The van der Waals surface area contributed by atoms with Crippen molar-refractivity contribution in [1.29, 1.82) is 0 Å². The van der Waals surface area contributed by atoms with Crippen LogP contribution in [0.25, 0.3) is 0 Å². The van der Waals surface area contributed by atoms with Crippen molar-refractivity contribution in [3.05, 3.63) is 40.5 Å². The molecule has 6 nitrogen and oxygen atoms in total. The molecule has 0 saturated carbocycles. The molecule has 0 aliphatic heterocycles. The van der Waals surface area contributed by atoms with Crippen molar-refractivity contribution in [2.45, 2.75) is 18.5 Å². The van der Waals surface area contributed by atoms with Gasteiger partial charge in [0.15, 0.2) is 0 Å². The molecule has 0 bridgehead atoms. The smallest absolute Gasteiger partial charge is 0.281 e. The highest BCUT2D eigenvalue weighted by atomic mass is 35.5. The summed E-state index contributed by atoms with van der Waals surface area (Å²) in [5.74, 6) is 0. The molecule has 0 fully saturated rings. The minimum Gasteiger partial charge on any atom is -0.326 e. The van der Waals surface area contributed by atoms with Crippen LogP contribution in [0.3, 0.4) is 0 Å². The third-order valence-electron chi connectivity index (χ3n) is 2.61. The summed E-state index contributed by atoms with van der Waals surface area (Å²) in [4.78, 5) is 0. The zero-order valence-corrected chi connectivity index (χ0v) is 11.7. The van der Waals surface area contributed by atoms with Gasteiger partial charge in [0, 0.05) is 17.8 Å². The van der Waals surface area contributed by atoms with Gasteiger partial charge in [-0.2, -0.15) is 13.5 Å². The molecule has 0 unspecified atom stereocenters. The number of nitrogens with two attached hydrogens (primary N) is 1. The maximum absolute atomic E-state index is 12.2. The van der Waals surface area contributed by atoms with Crippen molar-refractivity contribution in [3.63, 3.8) is 0 Å². The molecule has 2 rings (SSSR count). The molecule has 0 aliphatic rings. The number of aromatic nitrogens is 2. The highest BCUT2D eigenvalue weighted by Crippen LogP contribution is 2.25. The molecule has 0 amide bonds. The lowest BCUT2D eigenvalue weighted by Crippen LogP contribution is -2.16. The van der Waals surface area contributed by atoms with E-state index in [1.54, 1.807) is 31.2 Å². The Labute approximate surface area is 116 Å². The van der Waals surface area contributed by atoms with E-state index in [1.165, 1.54) is 0 Å². The third kappa shape index (κ3) is 2.73. The number of hydrogen-bond donors (Lipinski definition) is 3. The minimum absolute atomic E-state index is 0.0844. The average Bonchev–Trinajstić information content (AvgIpc) is 2.74. The van der Waals surface area contributed by atoms with Crippen molar-refractivity contribution in [2.24, 2.45) is 5.73 Å². The molecule has 19 heavy (non-hydrogen) atoms. The monoisotopic (exact) mass is 300 g/mol. The fourth-order valence-corrected chi connectivity index (χ4v) is 3.16. The molecule has 0 aliphatic carbocycles. The van der Waals surface area contributed by atoms with E-state index in [4.69, 9.17) is 17.3 Å². The highest BCUT2D eigenvalue weighted by molar-refractivity contribution is 7.92. The Morgan fingerprint density at radius 1 is 1.42 bits per heavy atom. The maximum atomic E-state index is 12.2. The third-order valence-corrected chi connectivity index (χ3v) is 4.28. The van der Waals surface area contributed by atoms with E-state index in [-0.39, 0.29) is 11.6 Å². The summed E-state index contributed by atoms with van der Waals surface area (Å²) < 4.78 is 26.9. The van der Waals surface area contributed by atoms with E-state index in [9.17, 15) is 8.42 Å². The van der Waals surface area contributed by atoms with Gasteiger partial charge in [0.2, 0.25) is 5.03 Å². The van der Waals surface area contributed by atoms with Crippen LogP contribution < -0.4 is 10.5 Å².